The number of nitrogens with two attached hydrogens (primary N) is 1. The van der Waals surface area contributed by atoms with E-state index in [-0.39, 0.29) is 6.61 Å². The summed E-state index contributed by atoms with van der Waals surface area (Å²) in [6.07, 6.45) is 0. The van der Waals surface area contributed by atoms with Crippen LogP contribution < -0.4 is 10.5 Å². The van der Waals surface area contributed by atoms with Gasteiger partial charge in [0.15, 0.2) is 6.61 Å². The third kappa shape index (κ3) is 2.33. The Morgan fingerprint density at radius 1 is 1.20 bits per heavy atom. The van der Waals surface area contributed by atoms with E-state index in [4.69, 9.17) is 10.5 Å². The molecule has 0 saturated carbocycles. The van der Waals surface area contributed by atoms with Gasteiger partial charge in [-0.3, -0.25) is 0 Å². The zero-order valence-corrected chi connectivity index (χ0v) is 11.2. The fourth-order valence-electron chi connectivity index (χ4n) is 2.19. The second kappa shape index (κ2) is 5.26. The fraction of sp³-hybridized carbons (Fsp3) is 0.214. The van der Waals surface area contributed by atoms with Crippen molar-refractivity contribution >= 4 is 10.8 Å². The lowest BCUT2D eigenvalue weighted by Crippen LogP contribution is -2.05. The Bertz CT molecular complexity index is 737. The summed E-state index contributed by atoms with van der Waals surface area (Å²) in [5, 5.41) is 14.0. The number of aryl methyl sites for hydroxylation is 1. The second-order valence-electron chi connectivity index (χ2n) is 4.45. The summed E-state index contributed by atoms with van der Waals surface area (Å²) in [7, 11) is 1.72. The first-order chi connectivity index (χ1) is 9.78. The second-order valence-corrected chi connectivity index (χ2v) is 4.45. The molecule has 0 bridgehead atoms. The highest BCUT2D eigenvalue weighted by Crippen LogP contribution is 2.28. The standard InChI is InChI=1S/C14H15N5O/c1-19-17-14(16-18-19)9-20-13-7-6-10-4-2-3-5-11(10)12(13)8-15/h2-7H,8-9,15H2,1H3. The Labute approximate surface area is 116 Å². The van der Waals surface area contributed by atoms with Gasteiger partial charge in [0.1, 0.15) is 5.75 Å². The summed E-state index contributed by atoms with van der Waals surface area (Å²) in [6.45, 7) is 0.698. The smallest absolute Gasteiger partial charge is 0.212 e. The van der Waals surface area contributed by atoms with Gasteiger partial charge in [-0.05, 0) is 22.1 Å². The molecule has 6 nitrogen and oxygen atoms in total. The van der Waals surface area contributed by atoms with E-state index in [2.05, 4.69) is 21.5 Å². The highest BCUT2D eigenvalue weighted by Gasteiger charge is 2.09. The Balaban J connectivity index is 1.91. The van der Waals surface area contributed by atoms with Crippen LogP contribution in [0.3, 0.4) is 0 Å². The summed E-state index contributed by atoms with van der Waals surface area (Å²) in [5.74, 6) is 1.31. The summed E-state index contributed by atoms with van der Waals surface area (Å²) in [4.78, 5) is 1.41. The number of rotatable bonds is 4. The molecule has 1 heterocycles. The van der Waals surface area contributed by atoms with Gasteiger partial charge in [-0.2, -0.15) is 4.80 Å². The van der Waals surface area contributed by atoms with Gasteiger partial charge < -0.3 is 10.5 Å². The fourth-order valence-corrected chi connectivity index (χ4v) is 2.19. The predicted octanol–water partition coefficient (Wildman–Crippen LogP) is 1.40. The van der Waals surface area contributed by atoms with Crippen molar-refractivity contribution in [2.75, 3.05) is 0 Å². The first kappa shape index (κ1) is 12.6. The highest BCUT2D eigenvalue weighted by molar-refractivity contribution is 5.87. The number of aromatic nitrogens is 4. The molecule has 1 aromatic heterocycles. The van der Waals surface area contributed by atoms with Crippen LogP contribution in [0.4, 0.5) is 0 Å². The molecule has 0 unspecified atom stereocenters. The SMILES string of the molecule is Cn1nnc(COc2ccc3ccccc3c2CN)n1. The molecule has 0 aliphatic carbocycles. The van der Waals surface area contributed by atoms with Crippen molar-refractivity contribution < 1.29 is 4.74 Å². The van der Waals surface area contributed by atoms with E-state index < -0.39 is 0 Å². The van der Waals surface area contributed by atoms with Gasteiger partial charge >= 0.3 is 0 Å². The molecule has 3 rings (SSSR count). The molecule has 0 saturated heterocycles. The normalized spacial score (nSPS) is 10.9. The van der Waals surface area contributed by atoms with E-state index in [9.17, 15) is 0 Å². The Morgan fingerprint density at radius 3 is 2.80 bits per heavy atom. The lowest BCUT2D eigenvalue weighted by atomic mass is 10.0. The van der Waals surface area contributed by atoms with Gasteiger partial charge in [0, 0.05) is 12.1 Å². The molecule has 6 heteroatoms. The number of hydrogen-bond acceptors (Lipinski definition) is 5. The van der Waals surface area contributed by atoms with E-state index in [0.717, 1.165) is 22.1 Å². The molecule has 0 atom stereocenters. The van der Waals surface area contributed by atoms with E-state index in [1.54, 1.807) is 7.05 Å². The van der Waals surface area contributed by atoms with Crippen molar-refractivity contribution in [3.8, 4) is 5.75 Å². The van der Waals surface area contributed by atoms with Crippen LogP contribution in [0.2, 0.25) is 0 Å². The molecular formula is C14H15N5O. The largest absolute Gasteiger partial charge is 0.485 e. The van der Waals surface area contributed by atoms with Gasteiger partial charge in [0.25, 0.3) is 0 Å². The number of hydrogen-bond donors (Lipinski definition) is 1. The third-order valence-corrected chi connectivity index (χ3v) is 3.11. The maximum Gasteiger partial charge on any atom is 0.212 e. The van der Waals surface area contributed by atoms with Crippen molar-refractivity contribution in [1.82, 2.24) is 20.2 Å². The van der Waals surface area contributed by atoms with Crippen LogP contribution in [0.15, 0.2) is 36.4 Å². The minimum atomic E-state index is 0.277. The summed E-state index contributed by atoms with van der Waals surface area (Å²) >= 11 is 0. The lowest BCUT2D eigenvalue weighted by molar-refractivity contribution is 0.293. The number of fused-ring (bicyclic) bond motifs is 1. The zero-order valence-electron chi connectivity index (χ0n) is 11.2. The molecule has 0 aliphatic heterocycles. The van der Waals surface area contributed by atoms with Gasteiger partial charge in [-0.15, -0.1) is 10.2 Å². The van der Waals surface area contributed by atoms with Crippen LogP contribution in [0.5, 0.6) is 5.75 Å². The van der Waals surface area contributed by atoms with Crippen molar-refractivity contribution in [3.05, 3.63) is 47.8 Å². The maximum atomic E-state index is 5.86. The molecule has 0 amide bonds. The molecule has 0 radical (unpaired) electrons. The quantitative estimate of drug-likeness (QED) is 0.774. The van der Waals surface area contributed by atoms with E-state index in [1.165, 1.54) is 4.80 Å². The van der Waals surface area contributed by atoms with Crippen LogP contribution >= 0.6 is 0 Å². The molecule has 3 aromatic rings. The minimum absolute atomic E-state index is 0.277. The molecule has 0 aliphatic rings. The monoisotopic (exact) mass is 269 g/mol. The van der Waals surface area contributed by atoms with Crippen molar-refractivity contribution in [2.24, 2.45) is 12.8 Å². The summed E-state index contributed by atoms with van der Waals surface area (Å²) in [5.41, 5.74) is 6.85. The third-order valence-electron chi connectivity index (χ3n) is 3.11. The van der Waals surface area contributed by atoms with Crippen LogP contribution in [0.25, 0.3) is 10.8 Å². The molecule has 20 heavy (non-hydrogen) atoms. The average molecular weight is 269 g/mol. The molecule has 102 valence electrons. The number of benzene rings is 2. The molecule has 2 aromatic carbocycles. The topological polar surface area (TPSA) is 78.8 Å². The van der Waals surface area contributed by atoms with E-state index >= 15 is 0 Å². The van der Waals surface area contributed by atoms with Gasteiger partial charge in [-0.1, -0.05) is 30.3 Å². The predicted molar refractivity (Wildman–Crippen MR) is 75.0 cm³/mol. The average Bonchev–Trinajstić information content (AvgIpc) is 2.90. The number of ether oxygens (including phenoxy) is 1. The first-order valence-electron chi connectivity index (χ1n) is 6.34. The van der Waals surface area contributed by atoms with Crippen molar-refractivity contribution in [2.45, 2.75) is 13.2 Å². The summed E-state index contributed by atoms with van der Waals surface area (Å²) in [6, 6.07) is 12.1. The maximum absolute atomic E-state index is 5.86. The van der Waals surface area contributed by atoms with E-state index in [0.29, 0.717) is 12.4 Å². The molecule has 0 spiro atoms. The first-order valence-corrected chi connectivity index (χ1v) is 6.34. The highest BCUT2D eigenvalue weighted by atomic mass is 16.5. The minimum Gasteiger partial charge on any atom is -0.485 e. The van der Waals surface area contributed by atoms with Gasteiger partial charge in [0.2, 0.25) is 5.82 Å². The van der Waals surface area contributed by atoms with Crippen molar-refractivity contribution in [3.63, 3.8) is 0 Å². The number of tetrazole rings is 1. The zero-order chi connectivity index (χ0) is 13.9. The molecule has 2 N–H and O–H groups in total. The van der Waals surface area contributed by atoms with Crippen molar-refractivity contribution in [1.29, 1.82) is 0 Å². The summed E-state index contributed by atoms with van der Waals surface area (Å²) < 4.78 is 5.78. The van der Waals surface area contributed by atoms with Crippen LogP contribution in [0.1, 0.15) is 11.4 Å². The van der Waals surface area contributed by atoms with E-state index in [1.807, 2.05) is 30.3 Å². The number of nitrogens with zero attached hydrogens (tertiary/aromatic N) is 4. The van der Waals surface area contributed by atoms with Gasteiger partial charge in [0.05, 0.1) is 7.05 Å². The Kier molecular flexibility index (Phi) is 3.30. The Hall–Kier alpha value is -2.47. The lowest BCUT2D eigenvalue weighted by Gasteiger charge is -2.11. The van der Waals surface area contributed by atoms with Crippen LogP contribution in [0, 0.1) is 0 Å². The Morgan fingerprint density at radius 2 is 2.05 bits per heavy atom. The molecule has 0 fully saturated rings. The molecular weight excluding hydrogens is 254 g/mol. The van der Waals surface area contributed by atoms with Crippen LogP contribution in [-0.2, 0) is 20.2 Å². The van der Waals surface area contributed by atoms with Gasteiger partial charge in [-0.25, -0.2) is 0 Å². The van der Waals surface area contributed by atoms with Crippen LogP contribution in [-0.4, -0.2) is 20.2 Å².